The highest BCUT2D eigenvalue weighted by atomic mass is 16.6. The Balaban J connectivity index is 1.77. The molecule has 110 valence electrons. The van der Waals surface area contributed by atoms with E-state index in [0.29, 0.717) is 25.4 Å². The van der Waals surface area contributed by atoms with Crippen LogP contribution >= 0.6 is 0 Å². The molecule has 2 rings (SSSR count). The van der Waals surface area contributed by atoms with Gasteiger partial charge in [-0.05, 0) is 30.7 Å². The number of carbonyl (C=O) groups excluding carboxylic acids is 1. The summed E-state index contributed by atoms with van der Waals surface area (Å²) in [6, 6.07) is 7.30. The predicted octanol–water partition coefficient (Wildman–Crippen LogP) is 2.66. The molecular weight excluding hydrogens is 256 g/mol. The highest BCUT2D eigenvalue weighted by Crippen LogP contribution is 2.20. The maximum atomic E-state index is 11.8. The molecule has 0 saturated carbocycles. The normalized spacial score (nSPS) is 18.1. The van der Waals surface area contributed by atoms with Crippen LogP contribution in [0.3, 0.4) is 0 Å². The Morgan fingerprint density at radius 1 is 1.40 bits per heavy atom. The lowest BCUT2D eigenvalue weighted by Gasteiger charge is -2.17. The van der Waals surface area contributed by atoms with Crippen LogP contribution in [0.15, 0.2) is 24.3 Å². The van der Waals surface area contributed by atoms with E-state index in [2.05, 4.69) is 6.92 Å². The number of hydrogen-bond donors (Lipinski definition) is 1. The molecule has 1 amide bonds. The molecule has 20 heavy (non-hydrogen) atoms. The van der Waals surface area contributed by atoms with Crippen molar-refractivity contribution >= 4 is 11.8 Å². The molecule has 0 aliphatic carbocycles. The number of rotatable bonds is 5. The minimum atomic E-state index is -0.234. The van der Waals surface area contributed by atoms with E-state index in [1.54, 1.807) is 17.0 Å². The second kappa shape index (κ2) is 7.03. The minimum absolute atomic E-state index is 0.0253. The number of likely N-dealkylation sites (tertiary alicyclic amines) is 1. The highest BCUT2D eigenvalue weighted by molar-refractivity contribution is 5.68. The van der Waals surface area contributed by atoms with E-state index in [-0.39, 0.29) is 12.2 Å². The number of nitrogens with two attached hydrogens (primary N) is 1. The van der Waals surface area contributed by atoms with Crippen molar-refractivity contribution < 1.29 is 14.3 Å². The Kier molecular flexibility index (Phi) is 5.09. The van der Waals surface area contributed by atoms with Crippen LogP contribution in [0.25, 0.3) is 0 Å². The SMILES string of the molecule is CCCCOC(=O)N1CCC(Oc2ccc(N)cc2)C1. The first kappa shape index (κ1) is 14.5. The van der Waals surface area contributed by atoms with E-state index in [0.717, 1.165) is 25.0 Å². The fourth-order valence-corrected chi connectivity index (χ4v) is 2.12. The van der Waals surface area contributed by atoms with Gasteiger partial charge in [0.1, 0.15) is 11.9 Å². The molecular formula is C15H22N2O3. The third-order valence-corrected chi connectivity index (χ3v) is 3.31. The fraction of sp³-hybridized carbons (Fsp3) is 0.533. The minimum Gasteiger partial charge on any atom is -0.489 e. The number of nitrogens with zero attached hydrogens (tertiary/aromatic N) is 1. The number of carbonyl (C=O) groups is 1. The Morgan fingerprint density at radius 3 is 2.85 bits per heavy atom. The van der Waals surface area contributed by atoms with Crippen molar-refractivity contribution in [1.29, 1.82) is 0 Å². The van der Waals surface area contributed by atoms with Gasteiger partial charge >= 0.3 is 6.09 Å². The fourth-order valence-electron chi connectivity index (χ4n) is 2.12. The number of hydrogen-bond acceptors (Lipinski definition) is 4. The Labute approximate surface area is 119 Å². The van der Waals surface area contributed by atoms with Gasteiger partial charge in [-0.2, -0.15) is 0 Å². The van der Waals surface area contributed by atoms with Crippen LogP contribution < -0.4 is 10.5 Å². The average Bonchev–Trinajstić information content (AvgIpc) is 2.90. The van der Waals surface area contributed by atoms with Crippen LogP contribution in [0.1, 0.15) is 26.2 Å². The van der Waals surface area contributed by atoms with Crippen LogP contribution in [0.4, 0.5) is 10.5 Å². The molecule has 0 bridgehead atoms. The summed E-state index contributed by atoms with van der Waals surface area (Å²) in [4.78, 5) is 13.5. The van der Waals surface area contributed by atoms with Crippen molar-refractivity contribution in [3.63, 3.8) is 0 Å². The lowest BCUT2D eigenvalue weighted by Crippen LogP contribution is -2.31. The number of benzene rings is 1. The van der Waals surface area contributed by atoms with Crippen LogP contribution in [0.2, 0.25) is 0 Å². The van der Waals surface area contributed by atoms with E-state index in [9.17, 15) is 4.79 Å². The van der Waals surface area contributed by atoms with Gasteiger partial charge in [-0.3, -0.25) is 0 Å². The summed E-state index contributed by atoms with van der Waals surface area (Å²) in [6.07, 6.45) is 2.55. The van der Waals surface area contributed by atoms with Gasteiger partial charge in [-0.25, -0.2) is 4.79 Å². The first-order valence-electron chi connectivity index (χ1n) is 7.13. The predicted molar refractivity (Wildman–Crippen MR) is 77.7 cm³/mol. The van der Waals surface area contributed by atoms with Crippen molar-refractivity contribution in [2.75, 3.05) is 25.4 Å². The van der Waals surface area contributed by atoms with E-state index in [4.69, 9.17) is 15.2 Å². The molecule has 1 aliphatic rings. The van der Waals surface area contributed by atoms with Gasteiger partial charge in [-0.1, -0.05) is 13.3 Å². The molecule has 0 spiro atoms. The molecule has 1 atom stereocenters. The van der Waals surface area contributed by atoms with Gasteiger partial charge in [0.15, 0.2) is 0 Å². The standard InChI is InChI=1S/C15H22N2O3/c1-2-3-10-19-15(18)17-9-8-14(11-17)20-13-6-4-12(16)5-7-13/h4-7,14H,2-3,8-11,16H2,1H3. The van der Waals surface area contributed by atoms with E-state index in [1.165, 1.54) is 0 Å². The van der Waals surface area contributed by atoms with Gasteiger partial charge < -0.3 is 20.1 Å². The van der Waals surface area contributed by atoms with Crippen molar-refractivity contribution in [2.45, 2.75) is 32.3 Å². The summed E-state index contributed by atoms with van der Waals surface area (Å²) in [7, 11) is 0. The summed E-state index contributed by atoms with van der Waals surface area (Å²) in [5, 5.41) is 0. The quantitative estimate of drug-likeness (QED) is 0.664. The third-order valence-electron chi connectivity index (χ3n) is 3.31. The molecule has 1 aromatic rings. The summed E-state index contributed by atoms with van der Waals surface area (Å²) in [5.74, 6) is 0.783. The van der Waals surface area contributed by atoms with Crippen molar-refractivity contribution in [1.82, 2.24) is 4.90 Å². The maximum absolute atomic E-state index is 11.8. The molecule has 1 fully saturated rings. The number of nitrogen functional groups attached to an aromatic ring is 1. The molecule has 1 aromatic carbocycles. The first-order valence-corrected chi connectivity index (χ1v) is 7.13. The van der Waals surface area contributed by atoms with Crippen molar-refractivity contribution in [3.05, 3.63) is 24.3 Å². The lowest BCUT2D eigenvalue weighted by atomic mass is 10.3. The first-order chi connectivity index (χ1) is 9.69. The molecule has 0 aromatic heterocycles. The largest absolute Gasteiger partial charge is 0.489 e. The number of anilines is 1. The third kappa shape index (κ3) is 4.05. The summed E-state index contributed by atoms with van der Waals surface area (Å²) >= 11 is 0. The van der Waals surface area contributed by atoms with Gasteiger partial charge in [0.2, 0.25) is 0 Å². The van der Waals surface area contributed by atoms with Gasteiger partial charge in [-0.15, -0.1) is 0 Å². The second-order valence-corrected chi connectivity index (χ2v) is 5.01. The van der Waals surface area contributed by atoms with Gasteiger partial charge in [0.05, 0.1) is 13.2 Å². The van der Waals surface area contributed by atoms with E-state index >= 15 is 0 Å². The Hall–Kier alpha value is -1.91. The zero-order valence-corrected chi connectivity index (χ0v) is 11.9. The zero-order valence-electron chi connectivity index (χ0n) is 11.9. The van der Waals surface area contributed by atoms with Crippen molar-refractivity contribution in [2.24, 2.45) is 0 Å². The van der Waals surface area contributed by atoms with Crippen LogP contribution in [0.5, 0.6) is 5.75 Å². The van der Waals surface area contributed by atoms with Gasteiger partial charge in [0.25, 0.3) is 0 Å². The Bertz CT molecular complexity index is 433. The average molecular weight is 278 g/mol. The van der Waals surface area contributed by atoms with Crippen LogP contribution in [0, 0.1) is 0 Å². The summed E-state index contributed by atoms with van der Waals surface area (Å²) in [6.45, 7) is 3.83. The number of unbranched alkanes of at least 4 members (excludes halogenated alkanes) is 1. The zero-order chi connectivity index (χ0) is 14.4. The lowest BCUT2D eigenvalue weighted by molar-refractivity contribution is 0.104. The van der Waals surface area contributed by atoms with Crippen LogP contribution in [-0.4, -0.2) is 36.8 Å². The van der Waals surface area contributed by atoms with Crippen molar-refractivity contribution in [3.8, 4) is 5.75 Å². The molecule has 2 N–H and O–H groups in total. The van der Waals surface area contributed by atoms with E-state index in [1.807, 2.05) is 12.1 Å². The highest BCUT2D eigenvalue weighted by Gasteiger charge is 2.28. The summed E-state index contributed by atoms with van der Waals surface area (Å²) in [5.41, 5.74) is 6.34. The molecule has 1 unspecified atom stereocenters. The monoisotopic (exact) mass is 278 g/mol. The van der Waals surface area contributed by atoms with Crippen LogP contribution in [-0.2, 0) is 4.74 Å². The summed E-state index contributed by atoms with van der Waals surface area (Å²) < 4.78 is 11.0. The number of ether oxygens (including phenoxy) is 2. The molecule has 1 saturated heterocycles. The molecule has 1 heterocycles. The molecule has 5 heteroatoms. The molecule has 0 radical (unpaired) electrons. The molecule has 5 nitrogen and oxygen atoms in total. The number of amides is 1. The Morgan fingerprint density at radius 2 is 2.15 bits per heavy atom. The maximum Gasteiger partial charge on any atom is 0.409 e. The van der Waals surface area contributed by atoms with Gasteiger partial charge in [0, 0.05) is 18.7 Å². The smallest absolute Gasteiger partial charge is 0.409 e. The van der Waals surface area contributed by atoms with E-state index < -0.39 is 0 Å². The molecule has 1 aliphatic heterocycles. The topological polar surface area (TPSA) is 64.8 Å². The second-order valence-electron chi connectivity index (χ2n) is 5.01.